The number of amides is 1. The van der Waals surface area contributed by atoms with E-state index in [4.69, 9.17) is 0 Å². The van der Waals surface area contributed by atoms with Crippen LogP contribution in [0.25, 0.3) is 0 Å². The van der Waals surface area contributed by atoms with Gasteiger partial charge in [-0.3, -0.25) is 9.69 Å². The normalized spacial score (nSPS) is 18.0. The van der Waals surface area contributed by atoms with Crippen molar-refractivity contribution in [1.82, 2.24) is 15.2 Å². The Labute approximate surface area is 151 Å². The highest BCUT2D eigenvalue weighted by Crippen LogP contribution is 2.20. The molecule has 134 valence electrons. The van der Waals surface area contributed by atoms with Crippen molar-refractivity contribution in [3.05, 3.63) is 47.2 Å². The number of thiazole rings is 1. The lowest BCUT2D eigenvalue weighted by molar-refractivity contribution is -0.126. The average Bonchev–Trinajstić information content (AvgIpc) is 3.16. The van der Waals surface area contributed by atoms with Gasteiger partial charge in [0.25, 0.3) is 0 Å². The summed E-state index contributed by atoms with van der Waals surface area (Å²) < 4.78 is 13.0. The average molecular weight is 362 g/mol. The lowest BCUT2D eigenvalue weighted by Gasteiger charge is -2.37. The number of aromatic nitrogens is 1. The van der Waals surface area contributed by atoms with E-state index >= 15 is 0 Å². The summed E-state index contributed by atoms with van der Waals surface area (Å²) in [5.41, 5.74) is 0.899. The van der Waals surface area contributed by atoms with E-state index in [1.165, 1.54) is 12.1 Å². The Morgan fingerprint density at radius 1 is 1.20 bits per heavy atom. The number of hydrogen-bond donors (Lipinski definition) is 1. The molecule has 1 aliphatic heterocycles. The molecule has 1 aliphatic rings. The van der Waals surface area contributed by atoms with E-state index in [2.05, 4.69) is 20.1 Å². The third-order valence-corrected chi connectivity index (χ3v) is 5.49. The number of halogens is 1. The number of carbonyl (C=O) groups excluding carboxylic acids is 1. The molecule has 0 radical (unpaired) electrons. The Hall–Kier alpha value is -1.99. The number of rotatable bonds is 5. The lowest BCUT2D eigenvalue weighted by Crippen LogP contribution is -2.54. The molecule has 1 fully saturated rings. The summed E-state index contributed by atoms with van der Waals surface area (Å²) in [5, 5.41) is 6.05. The van der Waals surface area contributed by atoms with Crippen LogP contribution in [-0.2, 0) is 4.79 Å². The molecule has 2 heterocycles. The number of benzene rings is 1. The maximum Gasteiger partial charge on any atom is 0.237 e. The van der Waals surface area contributed by atoms with Gasteiger partial charge in [0.05, 0.1) is 12.1 Å². The highest BCUT2D eigenvalue weighted by atomic mass is 32.1. The van der Waals surface area contributed by atoms with Gasteiger partial charge < -0.3 is 10.2 Å². The van der Waals surface area contributed by atoms with Gasteiger partial charge in [-0.1, -0.05) is 12.1 Å². The largest absolute Gasteiger partial charge is 0.348 e. The van der Waals surface area contributed by atoms with Crippen molar-refractivity contribution >= 4 is 22.4 Å². The van der Waals surface area contributed by atoms with Gasteiger partial charge in [0, 0.05) is 37.8 Å². The van der Waals surface area contributed by atoms with Gasteiger partial charge in [0.2, 0.25) is 5.91 Å². The maximum absolute atomic E-state index is 13.0. The first kappa shape index (κ1) is 17.8. The summed E-state index contributed by atoms with van der Waals surface area (Å²) in [6.07, 6.45) is 1.82. The fourth-order valence-electron chi connectivity index (χ4n) is 3.01. The SMILES string of the molecule is C[C@H](C(=O)N[C@H](C)c1ccc(F)cc1)N1CCN(c2nccs2)CC1. The predicted molar refractivity (Wildman–Crippen MR) is 98.3 cm³/mol. The summed E-state index contributed by atoms with van der Waals surface area (Å²) >= 11 is 1.64. The number of carbonyl (C=O) groups is 1. The fourth-order valence-corrected chi connectivity index (χ4v) is 3.70. The molecule has 1 aromatic carbocycles. The Bertz CT molecular complexity index is 684. The van der Waals surface area contributed by atoms with E-state index in [9.17, 15) is 9.18 Å². The molecule has 0 spiro atoms. The maximum atomic E-state index is 13.0. The van der Waals surface area contributed by atoms with Gasteiger partial charge in [-0.15, -0.1) is 11.3 Å². The molecule has 5 nitrogen and oxygen atoms in total. The molecule has 1 N–H and O–H groups in total. The fraction of sp³-hybridized carbons (Fsp3) is 0.444. The molecule has 1 aromatic heterocycles. The molecule has 2 atom stereocenters. The Kier molecular flexibility index (Phi) is 5.65. The molecule has 0 saturated carbocycles. The van der Waals surface area contributed by atoms with Crippen molar-refractivity contribution in [2.45, 2.75) is 25.9 Å². The van der Waals surface area contributed by atoms with E-state index in [0.29, 0.717) is 0 Å². The van der Waals surface area contributed by atoms with Crippen molar-refractivity contribution in [1.29, 1.82) is 0 Å². The van der Waals surface area contributed by atoms with Crippen molar-refractivity contribution in [2.75, 3.05) is 31.1 Å². The van der Waals surface area contributed by atoms with Crippen LogP contribution in [0.1, 0.15) is 25.5 Å². The molecule has 0 bridgehead atoms. The van der Waals surface area contributed by atoms with Crippen LogP contribution in [0.5, 0.6) is 0 Å². The van der Waals surface area contributed by atoms with Crippen LogP contribution in [0.4, 0.5) is 9.52 Å². The number of anilines is 1. The highest BCUT2D eigenvalue weighted by Gasteiger charge is 2.27. The number of nitrogens with one attached hydrogen (secondary N) is 1. The Morgan fingerprint density at radius 2 is 1.88 bits per heavy atom. The molecular formula is C18H23FN4OS. The summed E-state index contributed by atoms with van der Waals surface area (Å²) in [6.45, 7) is 7.26. The molecule has 3 rings (SSSR count). The third kappa shape index (κ3) is 4.35. The zero-order valence-corrected chi connectivity index (χ0v) is 15.3. The number of hydrogen-bond acceptors (Lipinski definition) is 5. The van der Waals surface area contributed by atoms with Crippen LogP contribution < -0.4 is 10.2 Å². The minimum absolute atomic E-state index is 0.000441. The van der Waals surface area contributed by atoms with Crippen molar-refractivity contribution in [3.63, 3.8) is 0 Å². The minimum atomic E-state index is -0.270. The van der Waals surface area contributed by atoms with Crippen LogP contribution in [0.15, 0.2) is 35.8 Å². The first-order chi connectivity index (χ1) is 12.0. The summed E-state index contributed by atoms with van der Waals surface area (Å²) in [4.78, 5) is 21.3. The smallest absolute Gasteiger partial charge is 0.237 e. The van der Waals surface area contributed by atoms with Crippen LogP contribution in [0, 0.1) is 5.82 Å². The Balaban J connectivity index is 1.51. The van der Waals surface area contributed by atoms with Gasteiger partial charge >= 0.3 is 0 Å². The molecule has 2 aromatic rings. The van der Waals surface area contributed by atoms with Crippen LogP contribution in [0.2, 0.25) is 0 Å². The number of piperazine rings is 1. The van der Waals surface area contributed by atoms with Crippen molar-refractivity contribution in [2.24, 2.45) is 0 Å². The van der Waals surface area contributed by atoms with Crippen molar-refractivity contribution < 1.29 is 9.18 Å². The Morgan fingerprint density at radius 3 is 2.48 bits per heavy atom. The van der Waals surface area contributed by atoms with Crippen molar-refractivity contribution in [3.8, 4) is 0 Å². The van der Waals surface area contributed by atoms with E-state index in [1.54, 1.807) is 23.5 Å². The van der Waals surface area contributed by atoms with Crippen LogP contribution in [-0.4, -0.2) is 48.0 Å². The second-order valence-corrected chi connectivity index (χ2v) is 7.17. The van der Waals surface area contributed by atoms with Crippen LogP contribution >= 0.6 is 11.3 Å². The molecule has 1 saturated heterocycles. The van der Waals surface area contributed by atoms with E-state index in [1.807, 2.05) is 25.4 Å². The summed E-state index contributed by atoms with van der Waals surface area (Å²) in [6, 6.07) is 5.90. The topological polar surface area (TPSA) is 48.5 Å². The lowest BCUT2D eigenvalue weighted by atomic mass is 10.1. The molecular weight excluding hydrogens is 339 g/mol. The third-order valence-electron chi connectivity index (χ3n) is 4.66. The van der Waals surface area contributed by atoms with E-state index < -0.39 is 0 Å². The second-order valence-electron chi connectivity index (χ2n) is 6.30. The first-order valence-electron chi connectivity index (χ1n) is 8.49. The zero-order chi connectivity index (χ0) is 17.8. The van der Waals surface area contributed by atoms with E-state index in [-0.39, 0.29) is 23.8 Å². The molecule has 25 heavy (non-hydrogen) atoms. The van der Waals surface area contributed by atoms with Crippen LogP contribution in [0.3, 0.4) is 0 Å². The molecule has 0 unspecified atom stereocenters. The van der Waals surface area contributed by atoms with Gasteiger partial charge in [0.15, 0.2) is 5.13 Å². The summed E-state index contributed by atoms with van der Waals surface area (Å²) in [7, 11) is 0. The zero-order valence-electron chi connectivity index (χ0n) is 14.5. The van der Waals surface area contributed by atoms with Gasteiger partial charge in [0.1, 0.15) is 5.82 Å². The first-order valence-corrected chi connectivity index (χ1v) is 9.37. The standard InChI is InChI=1S/C18H23FN4OS/c1-13(15-3-5-16(19)6-4-15)21-17(24)14(2)22-8-10-23(11-9-22)18-20-7-12-25-18/h3-7,12-14H,8-11H2,1-2H3,(H,21,24)/t13-,14-/m1/s1. The summed E-state index contributed by atoms with van der Waals surface area (Å²) in [5.74, 6) is -0.270. The quantitative estimate of drug-likeness (QED) is 0.888. The second kappa shape index (κ2) is 7.93. The predicted octanol–water partition coefficient (Wildman–Crippen LogP) is 2.67. The van der Waals surface area contributed by atoms with Gasteiger partial charge in [-0.05, 0) is 31.5 Å². The van der Waals surface area contributed by atoms with E-state index in [0.717, 1.165) is 36.9 Å². The number of nitrogens with zero attached hydrogens (tertiary/aromatic N) is 3. The molecule has 7 heteroatoms. The van der Waals surface area contributed by atoms with Gasteiger partial charge in [-0.25, -0.2) is 9.37 Å². The molecule has 0 aliphatic carbocycles. The molecule has 1 amide bonds. The van der Waals surface area contributed by atoms with Gasteiger partial charge in [-0.2, -0.15) is 0 Å². The minimum Gasteiger partial charge on any atom is -0.348 e. The monoisotopic (exact) mass is 362 g/mol. The highest BCUT2D eigenvalue weighted by molar-refractivity contribution is 7.13.